The molecule has 4 aliphatic rings. The minimum atomic E-state index is -2.98. The molecular formula is C132H222N2O9S6. The third-order valence-electron chi connectivity index (χ3n) is 31.9. The minimum Gasteiger partial charge on any atom is -0.313 e. The highest BCUT2D eigenvalue weighted by Crippen LogP contribution is 2.39. The molecule has 0 heterocycles. The van der Waals surface area contributed by atoms with Crippen molar-refractivity contribution in [2.45, 2.75) is 516 Å². The van der Waals surface area contributed by atoms with Crippen LogP contribution in [0.3, 0.4) is 0 Å². The minimum absolute atomic E-state index is 0.0554. The molecule has 0 radical (unpaired) electrons. The molecule has 0 bridgehead atoms. The first-order chi connectivity index (χ1) is 70.4. The quantitative estimate of drug-likeness (QED) is 0.0347. The van der Waals surface area contributed by atoms with Crippen LogP contribution >= 0.6 is 0 Å². The van der Waals surface area contributed by atoms with E-state index in [-0.39, 0.29) is 14.2 Å². The Bertz CT molecular complexity index is 4700. The molecule has 3 unspecified atom stereocenters. The van der Waals surface area contributed by atoms with Gasteiger partial charge >= 0.3 is 0 Å². The van der Waals surface area contributed by atoms with Crippen LogP contribution in [0.5, 0.6) is 0 Å². The normalized spacial score (nSPS) is 19.2. The van der Waals surface area contributed by atoms with Gasteiger partial charge in [0.25, 0.3) is 0 Å². The highest BCUT2D eigenvalue weighted by atomic mass is 32.2. The van der Waals surface area contributed by atoms with Crippen molar-refractivity contribution in [3.63, 3.8) is 0 Å². The summed E-state index contributed by atoms with van der Waals surface area (Å²) in [5, 5.41) is 6.95. The van der Waals surface area contributed by atoms with Gasteiger partial charge in [0.05, 0.1) is 31.5 Å². The topological polar surface area (TPSA) is 178 Å². The highest BCUT2D eigenvalue weighted by molar-refractivity contribution is 7.93. The van der Waals surface area contributed by atoms with Crippen LogP contribution in [-0.4, -0.2) is 114 Å². The average Bonchev–Trinajstić information content (AvgIpc) is 0.827. The summed E-state index contributed by atoms with van der Waals surface area (Å²) < 4.78 is 108. The molecule has 10 rings (SSSR count). The smallest absolute Gasteiger partial charge is 0.155 e. The number of aryl methyl sites for hydroxylation is 10. The van der Waals surface area contributed by atoms with E-state index in [1.807, 2.05) is 41.5 Å². The number of hydrogen-bond donors (Lipinski definition) is 2. The van der Waals surface area contributed by atoms with E-state index >= 15 is 0 Å². The third-order valence-corrected chi connectivity index (χ3v) is 46.5. The Morgan fingerprint density at radius 3 is 0.631 bits per heavy atom. The lowest BCUT2D eigenvalue weighted by Crippen LogP contribution is -2.34. The molecule has 4 saturated carbocycles. The van der Waals surface area contributed by atoms with Crippen LogP contribution in [0.4, 0.5) is 0 Å². The van der Waals surface area contributed by atoms with Crippen LogP contribution in [0.15, 0.2) is 146 Å². The van der Waals surface area contributed by atoms with E-state index in [1.54, 1.807) is 20.8 Å². The second-order valence-electron chi connectivity index (χ2n) is 51.3. The Morgan fingerprint density at radius 2 is 0.423 bits per heavy atom. The summed E-state index contributed by atoms with van der Waals surface area (Å²) in [6.45, 7) is 52.3. The van der Waals surface area contributed by atoms with Gasteiger partial charge in [0.15, 0.2) is 29.5 Å². The maximum absolute atomic E-state index is 12.4. The second kappa shape index (κ2) is 71.1. The van der Waals surface area contributed by atoms with Gasteiger partial charge in [-0.05, 0) is 457 Å². The lowest BCUT2D eigenvalue weighted by atomic mass is 9.80. The lowest BCUT2D eigenvalue weighted by molar-refractivity contribution is 0.278. The number of sulfone groups is 3. The van der Waals surface area contributed by atoms with Crippen LogP contribution in [0.25, 0.3) is 0 Å². The summed E-state index contributed by atoms with van der Waals surface area (Å²) in [5.74, 6) is 9.11. The summed E-state index contributed by atoms with van der Waals surface area (Å²) in [6.07, 6.45) is 57.9. The highest BCUT2D eigenvalue weighted by Gasteiger charge is 2.37. The largest absolute Gasteiger partial charge is 0.313 e. The number of unbranched alkanes of at least 4 members (excludes halogenated alkanes) is 10. The predicted molar refractivity (Wildman–Crippen MR) is 655 cm³/mol. The Labute approximate surface area is 926 Å². The van der Waals surface area contributed by atoms with E-state index in [0.717, 1.165) is 144 Å². The van der Waals surface area contributed by atoms with Crippen molar-refractivity contribution in [1.82, 2.24) is 10.6 Å². The van der Waals surface area contributed by atoms with E-state index in [4.69, 9.17) is 0 Å². The van der Waals surface area contributed by atoms with Gasteiger partial charge in [-0.25, -0.2) is 25.3 Å². The molecule has 0 aromatic heterocycles. The van der Waals surface area contributed by atoms with Crippen molar-refractivity contribution in [3.05, 3.63) is 212 Å². The number of rotatable bonds is 54. The van der Waals surface area contributed by atoms with Crippen molar-refractivity contribution in [2.24, 2.45) is 47.3 Å². The molecule has 850 valence electrons. The number of benzene rings is 6. The van der Waals surface area contributed by atoms with E-state index in [9.17, 15) is 37.9 Å². The summed E-state index contributed by atoms with van der Waals surface area (Å²) in [5.41, 5.74) is 17.3. The zero-order valence-electron chi connectivity index (χ0n) is 99.6. The van der Waals surface area contributed by atoms with Gasteiger partial charge in [0.1, 0.15) is 0 Å². The fourth-order valence-electron chi connectivity index (χ4n) is 20.2. The molecule has 3 atom stereocenters. The molecule has 6 aromatic rings. The van der Waals surface area contributed by atoms with Gasteiger partial charge in [0, 0.05) is 77.0 Å². The molecular weight excluding hydrogens is 1950 g/mol. The molecule has 149 heavy (non-hydrogen) atoms. The van der Waals surface area contributed by atoms with Gasteiger partial charge in [0.2, 0.25) is 0 Å². The maximum atomic E-state index is 12.4. The van der Waals surface area contributed by atoms with Crippen molar-refractivity contribution in [3.8, 4) is 0 Å². The van der Waals surface area contributed by atoms with E-state index in [1.165, 1.54) is 298 Å². The molecule has 0 saturated heterocycles. The Morgan fingerprint density at radius 1 is 0.228 bits per heavy atom. The summed E-state index contributed by atoms with van der Waals surface area (Å²) in [7, 11) is -11.0. The molecule has 0 spiro atoms. The van der Waals surface area contributed by atoms with Crippen LogP contribution in [0.1, 0.15) is 477 Å². The van der Waals surface area contributed by atoms with Gasteiger partial charge in [-0.15, -0.1) is 0 Å². The second-order valence-corrected chi connectivity index (χ2v) is 66.6. The van der Waals surface area contributed by atoms with Crippen molar-refractivity contribution >= 4 is 61.9 Å². The van der Waals surface area contributed by atoms with Crippen LogP contribution in [0, 0.1) is 47.3 Å². The monoisotopic (exact) mass is 2170 g/mol. The first-order valence-electron chi connectivity index (χ1n) is 60.1. The maximum Gasteiger partial charge on any atom is 0.155 e. The molecule has 4 aliphatic carbocycles. The van der Waals surface area contributed by atoms with Gasteiger partial charge in [-0.1, -0.05) is 290 Å². The van der Waals surface area contributed by atoms with Crippen LogP contribution in [-0.2, 0) is 139 Å². The van der Waals surface area contributed by atoms with Crippen molar-refractivity contribution in [2.75, 3.05) is 47.6 Å². The first-order valence-corrected chi connectivity index (χ1v) is 69.0. The summed E-state index contributed by atoms with van der Waals surface area (Å²) in [4.78, 5) is 0. The average molecular weight is 2170 g/mol. The van der Waals surface area contributed by atoms with Gasteiger partial charge in [-0.2, -0.15) is 0 Å². The van der Waals surface area contributed by atoms with Crippen LogP contribution < -0.4 is 10.6 Å². The fraction of sp³-hybridized carbons (Fsp3) is 0.727. The van der Waals surface area contributed by atoms with Crippen molar-refractivity contribution in [1.29, 1.82) is 0 Å². The molecule has 4 fully saturated rings. The lowest BCUT2D eigenvalue weighted by Gasteiger charge is -2.30. The summed E-state index contributed by atoms with van der Waals surface area (Å²) >= 11 is 0. The SMILES string of the molecule is CCCCc1ccc(CCC2CCC(CS(=O)(=O)C(C)(C)C)CC2)cc1.CCCCc1ccc(CCC2CCC(CS(=O)(=O)C(C)(C)C)CC2)cc1.CCCCc1ccc(CCC2CCC(CS(=O)C(C)(C)C)CC2)cc1.CCCCc1ccc(CCC2CCC(CS(=O)C(C)(C)C)CC2)cc1.CCCCc1ccc(CNCCCCCS(=O)(=O)C(C)(C)C)cc1.CCCCc1ccc(CNCCCCCS(=O)C(C)(C)C)cc1. The van der Waals surface area contributed by atoms with Crippen molar-refractivity contribution < 1.29 is 37.9 Å². The molecule has 6 aromatic carbocycles. The number of nitrogens with one attached hydrogen (secondary N) is 2. The first kappa shape index (κ1) is 135. The van der Waals surface area contributed by atoms with E-state index in [0.29, 0.717) is 40.9 Å². The fourth-order valence-corrected chi connectivity index (χ4v) is 27.9. The zero-order chi connectivity index (χ0) is 110. The summed E-state index contributed by atoms with van der Waals surface area (Å²) in [6, 6.07) is 54.8. The Hall–Kier alpha value is -4.46. The molecule has 2 N–H and O–H groups in total. The molecule has 0 amide bonds. The molecule has 11 nitrogen and oxygen atoms in total. The zero-order valence-corrected chi connectivity index (χ0v) is 105. The van der Waals surface area contributed by atoms with E-state index in [2.05, 4.69) is 260 Å². The Balaban J connectivity index is 0.000000314. The van der Waals surface area contributed by atoms with Crippen LogP contribution in [0.2, 0.25) is 0 Å². The molecule has 17 heteroatoms. The Kier molecular flexibility index (Phi) is 64.4. The molecule has 0 aliphatic heterocycles. The van der Waals surface area contributed by atoms with Gasteiger partial charge < -0.3 is 10.6 Å². The number of hydrogen-bond acceptors (Lipinski definition) is 11. The third kappa shape index (κ3) is 57.5. The standard InChI is InChI=1S/2C23H38O2S.2C23H38OS.C20H35NO2S.C20H35NOS/c2*1-5-6-7-19-8-10-20(11-9-19)12-13-21-14-16-22(17-15-21)18-26(24,25)23(2,3)4;2*1-5-6-7-19-8-10-20(11-9-19)12-13-21-14-16-22(17-15-21)18-25(24)23(2,3)4;1-5-6-10-18-11-13-19(14-12-18)17-21-15-8-7-9-16-24(22,23)20(2,3)4;1-5-6-10-18-11-13-19(14-12-18)17-21-15-8-7-9-16-23(22)20(2,3)4/h2*8-11,21-22H,5-7,12-18H2,1-4H3;2*8-11,21-22H,5-7,12-18H2,1-4H3;11-14,21H,5-10,15-17H2,1-4H3;11-14,21H,5-10,15-17H2,1-4H3. The van der Waals surface area contributed by atoms with Gasteiger partial charge in [-0.3, -0.25) is 12.6 Å². The van der Waals surface area contributed by atoms with E-state index < -0.39 is 76.2 Å². The predicted octanol–water partition coefficient (Wildman–Crippen LogP) is 33.9.